The Balaban J connectivity index is 1.99. The maximum atomic E-state index is 6.19. The lowest BCUT2D eigenvalue weighted by Crippen LogP contribution is -2.13. The summed E-state index contributed by atoms with van der Waals surface area (Å²) in [5.74, 6) is 1.56. The van der Waals surface area contributed by atoms with E-state index in [4.69, 9.17) is 10.5 Å². The van der Waals surface area contributed by atoms with Crippen LogP contribution >= 0.6 is 11.8 Å². The number of benzene rings is 1. The predicted molar refractivity (Wildman–Crippen MR) is 79.6 cm³/mol. The molecule has 1 atom stereocenters. The van der Waals surface area contributed by atoms with Crippen molar-refractivity contribution in [1.29, 1.82) is 0 Å². The van der Waals surface area contributed by atoms with E-state index in [1.807, 2.05) is 6.07 Å². The minimum Gasteiger partial charge on any atom is -0.495 e. The molecule has 0 aliphatic carbocycles. The third kappa shape index (κ3) is 3.98. The van der Waals surface area contributed by atoms with Crippen LogP contribution in [0.25, 0.3) is 0 Å². The highest BCUT2D eigenvalue weighted by Gasteiger charge is 2.08. The monoisotopic (exact) mass is 274 g/mol. The second-order valence-corrected chi connectivity index (χ2v) is 5.49. The van der Waals surface area contributed by atoms with Crippen molar-refractivity contribution < 1.29 is 4.74 Å². The van der Waals surface area contributed by atoms with Gasteiger partial charge in [-0.2, -0.15) is 0 Å². The van der Waals surface area contributed by atoms with Gasteiger partial charge in [-0.1, -0.05) is 17.7 Å². The molecule has 2 aromatic rings. The average Bonchev–Trinajstić information content (AvgIpc) is 2.45. The van der Waals surface area contributed by atoms with Gasteiger partial charge in [-0.05, 0) is 30.7 Å². The first kappa shape index (κ1) is 13.9. The van der Waals surface area contributed by atoms with E-state index in [1.54, 1.807) is 31.3 Å². The van der Waals surface area contributed by atoms with Crippen LogP contribution in [0.15, 0.2) is 47.6 Å². The molecule has 0 radical (unpaired) electrons. The lowest BCUT2D eigenvalue weighted by molar-refractivity contribution is 0.412. The highest BCUT2D eigenvalue weighted by Crippen LogP contribution is 2.25. The summed E-state index contributed by atoms with van der Waals surface area (Å²) in [6, 6.07) is 10.3. The van der Waals surface area contributed by atoms with Crippen LogP contribution in [0.3, 0.4) is 0 Å². The van der Waals surface area contributed by atoms with Crippen LogP contribution in [0.2, 0.25) is 0 Å². The number of hydrogen-bond donors (Lipinski definition) is 1. The first-order valence-corrected chi connectivity index (χ1v) is 7.11. The molecular formula is C15H18N2OS. The van der Waals surface area contributed by atoms with E-state index < -0.39 is 0 Å². The zero-order valence-electron chi connectivity index (χ0n) is 11.2. The van der Waals surface area contributed by atoms with E-state index in [0.29, 0.717) is 0 Å². The predicted octanol–water partition coefficient (Wildman–Crippen LogP) is 3.19. The fourth-order valence-corrected chi connectivity index (χ4v) is 2.75. The first-order valence-electron chi connectivity index (χ1n) is 6.13. The van der Waals surface area contributed by atoms with Gasteiger partial charge in [0.1, 0.15) is 5.75 Å². The Bertz CT molecular complexity index is 545. The molecule has 4 heteroatoms. The van der Waals surface area contributed by atoms with Gasteiger partial charge >= 0.3 is 0 Å². The van der Waals surface area contributed by atoms with Gasteiger partial charge in [0, 0.05) is 22.9 Å². The quantitative estimate of drug-likeness (QED) is 0.851. The number of nitrogens with zero attached hydrogens (tertiary/aromatic N) is 1. The highest BCUT2D eigenvalue weighted by atomic mass is 32.2. The van der Waals surface area contributed by atoms with Crippen molar-refractivity contribution in [2.75, 3.05) is 12.9 Å². The summed E-state index contributed by atoms with van der Waals surface area (Å²) in [7, 11) is 1.63. The van der Waals surface area contributed by atoms with Crippen LogP contribution < -0.4 is 10.5 Å². The Hall–Kier alpha value is -1.52. The van der Waals surface area contributed by atoms with E-state index in [-0.39, 0.29) is 6.04 Å². The molecule has 1 heterocycles. The third-order valence-corrected chi connectivity index (χ3v) is 3.93. The Kier molecular flexibility index (Phi) is 4.82. The minimum atomic E-state index is -0.0480. The molecule has 0 saturated carbocycles. The Morgan fingerprint density at radius 1 is 1.32 bits per heavy atom. The maximum Gasteiger partial charge on any atom is 0.137 e. The molecule has 0 amide bonds. The van der Waals surface area contributed by atoms with Crippen LogP contribution in [0.4, 0.5) is 0 Å². The molecule has 2 rings (SSSR count). The molecule has 0 spiro atoms. The molecule has 0 aliphatic rings. The van der Waals surface area contributed by atoms with Crippen LogP contribution in [0, 0.1) is 6.92 Å². The number of hydrogen-bond acceptors (Lipinski definition) is 4. The maximum absolute atomic E-state index is 6.19. The van der Waals surface area contributed by atoms with Gasteiger partial charge in [-0.15, -0.1) is 11.8 Å². The van der Waals surface area contributed by atoms with E-state index in [2.05, 4.69) is 36.2 Å². The first-order chi connectivity index (χ1) is 9.19. The number of rotatable bonds is 5. The van der Waals surface area contributed by atoms with Crippen molar-refractivity contribution in [2.45, 2.75) is 17.9 Å². The number of nitrogens with two attached hydrogens (primary N) is 1. The molecule has 0 fully saturated rings. The number of thioether (sulfide) groups is 1. The number of ether oxygens (including phenoxy) is 1. The van der Waals surface area contributed by atoms with E-state index >= 15 is 0 Å². The zero-order chi connectivity index (χ0) is 13.7. The fourth-order valence-electron chi connectivity index (χ4n) is 1.74. The third-order valence-electron chi connectivity index (χ3n) is 2.82. The summed E-state index contributed by atoms with van der Waals surface area (Å²) < 4.78 is 5.16. The Labute approximate surface area is 118 Å². The standard InChI is InChI=1S/C15H18N2OS/c1-11-4-3-5-14(6-11)19-10-15(16)12-7-13(18-2)9-17-8-12/h3-9,15H,10,16H2,1-2H3. The second-order valence-electron chi connectivity index (χ2n) is 4.39. The summed E-state index contributed by atoms with van der Waals surface area (Å²) >= 11 is 1.76. The van der Waals surface area contributed by atoms with Crippen molar-refractivity contribution >= 4 is 11.8 Å². The topological polar surface area (TPSA) is 48.1 Å². The van der Waals surface area contributed by atoms with Crippen molar-refractivity contribution in [3.8, 4) is 5.75 Å². The zero-order valence-corrected chi connectivity index (χ0v) is 12.0. The van der Waals surface area contributed by atoms with Gasteiger partial charge in [-0.3, -0.25) is 4.98 Å². The smallest absolute Gasteiger partial charge is 0.137 e. The summed E-state index contributed by atoms with van der Waals surface area (Å²) in [6.07, 6.45) is 3.48. The molecule has 100 valence electrons. The van der Waals surface area contributed by atoms with Gasteiger partial charge in [0.05, 0.1) is 13.3 Å². The van der Waals surface area contributed by atoms with Crippen molar-refractivity contribution in [3.63, 3.8) is 0 Å². The molecule has 2 N–H and O–H groups in total. The molecule has 1 unspecified atom stereocenters. The van der Waals surface area contributed by atoms with E-state index in [9.17, 15) is 0 Å². The normalized spacial score (nSPS) is 12.2. The van der Waals surface area contributed by atoms with Crippen LogP contribution in [0.1, 0.15) is 17.2 Å². The number of aryl methyl sites for hydroxylation is 1. The van der Waals surface area contributed by atoms with Gasteiger partial charge in [0.2, 0.25) is 0 Å². The van der Waals surface area contributed by atoms with Gasteiger partial charge in [-0.25, -0.2) is 0 Å². The fraction of sp³-hybridized carbons (Fsp3) is 0.267. The van der Waals surface area contributed by atoms with Gasteiger partial charge in [0.25, 0.3) is 0 Å². The molecule has 1 aromatic heterocycles. The lowest BCUT2D eigenvalue weighted by Gasteiger charge is -2.12. The van der Waals surface area contributed by atoms with Gasteiger partial charge < -0.3 is 10.5 Å². The van der Waals surface area contributed by atoms with Gasteiger partial charge in [0.15, 0.2) is 0 Å². The molecule has 0 saturated heterocycles. The molecule has 19 heavy (non-hydrogen) atoms. The van der Waals surface area contributed by atoms with Crippen LogP contribution in [-0.4, -0.2) is 17.8 Å². The summed E-state index contributed by atoms with van der Waals surface area (Å²) in [5, 5.41) is 0. The lowest BCUT2D eigenvalue weighted by atomic mass is 10.1. The van der Waals surface area contributed by atoms with Crippen molar-refractivity contribution in [3.05, 3.63) is 53.9 Å². The molecule has 0 bridgehead atoms. The van der Waals surface area contributed by atoms with Crippen molar-refractivity contribution in [2.24, 2.45) is 5.73 Å². The number of pyridine rings is 1. The van der Waals surface area contributed by atoms with E-state index in [1.165, 1.54) is 10.5 Å². The number of methoxy groups -OCH3 is 1. The number of aromatic nitrogens is 1. The van der Waals surface area contributed by atoms with Crippen LogP contribution in [-0.2, 0) is 0 Å². The largest absolute Gasteiger partial charge is 0.495 e. The Morgan fingerprint density at radius 3 is 2.89 bits per heavy atom. The Morgan fingerprint density at radius 2 is 2.16 bits per heavy atom. The molecular weight excluding hydrogens is 256 g/mol. The highest BCUT2D eigenvalue weighted by molar-refractivity contribution is 7.99. The second kappa shape index (κ2) is 6.59. The summed E-state index contributed by atoms with van der Waals surface area (Å²) in [5.41, 5.74) is 8.45. The van der Waals surface area contributed by atoms with Crippen LogP contribution in [0.5, 0.6) is 5.75 Å². The average molecular weight is 274 g/mol. The minimum absolute atomic E-state index is 0.0480. The molecule has 3 nitrogen and oxygen atoms in total. The summed E-state index contributed by atoms with van der Waals surface area (Å²) in [4.78, 5) is 5.37. The van der Waals surface area contributed by atoms with Crippen molar-refractivity contribution in [1.82, 2.24) is 4.98 Å². The summed E-state index contributed by atoms with van der Waals surface area (Å²) in [6.45, 7) is 2.09. The SMILES string of the molecule is COc1cncc(C(N)CSc2cccc(C)c2)c1. The molecule has 0 aliphatic heterocycles. The van der Waals surface area contributed by atoms with E-state index in [0.717, 1.165) is 17.1 Å². The molecule has 1 aromatic carbocycles.